The number of aliphatic carboxylic acids is 1. The minimum atomic E-state index is -0.775. The minimum absolute atomic E-state index is 0.0328. The first-order valence-electron chi connectivity index (χ1n) is 5.79. The lowest BCUT2D eigenvalue weighted by Crippen LogP contribution is -2.20. The SMILES string of the molecule is Cc1cc(C2NCCC2CC(=O)O)ccc1F. The van der Waals surface area contributed by atoms with E-state index in [4.69, 9.17) is 5.11 Å². The van der Waals surface area contributed by atoms with Crippen LogP contribution in [0.2, 0.25) is 0 Å². The molecule has 17 heavy (non-hydrogen) atoms. The summed E-state index contributed by atoms with van der Waals surface area (Å²) in [5.41, 5.74) is 1.58. The van der Waals surface area contributed by atoms with E-state index in [9.17, 15) is 9.18 Å². The Hall–Kier alpha value is -1.42. The van der Waals surface area contributed by atoms with Crippen LogP contribution >= 0.6 is 0 Å². The van der Waals surface area contributed by atoms with Crippen molar-refractivity contribution in [3.63, 3.8) is 0 Å². The first-order valence-corrected chi connectivity index (χ1v) is 5.79. The second kappa shape index (κ2) is 4.84. The van der Waals surface area contributed by atoms with Gasteiger partial charge in [-0.25, -0.2) is 4.39 Å². The standard InChI is InChI=1S/C13H16FNO2/c1-8-6-9(2-3-11(8)14)13-10(4-5-15-13)7-12(16)17/h2-3,6,10,13,15H,4-5,7H2,1H3,(H,16,17). The first-order chi connectivity index (χ1) is 8.08. The zero-order valence-corrected chi connectivity index (χ0v) is 9.74. The molecular formula is C13H16FNO2. The van der Waals surface area contributed by atoms with Crippen molar-refractivity contribution in [2.24, 2.45) is 5.92 Å². The maximum absolute atomic E-state index is 13.2. The lowest BCUT2D eigenvalue weighted by Gasteiger charge is -2.19. The van der Waals surface area contributed by atoms with E-state index in [1.54, 1.807) is 19.1 Å². The van der Waals surface area contributed by atoms with Crippen LogP contribution in [0.15, 0.2) is 18.2 Å². The van der Waals surface area contributed by atoms with Gasteiger partial charge in [0.15, 0.2) is 0 Å². The molecule has 4 heteroatoms. The molecule has 3 nitrogen and oxygen atoms in total. The van der Waals surface area contributed by atoms with E-state index < -0.39 is 5.97 Å². The maximum atomic E-state index is 13.2. The molecular weight excluding hydrogens is 221 g/mol. The molecule has 0 amide bonds. The van der Waals surface area contributed by atoms with Crippen LogP contribution in [-0.4, -0.2) is 17.6 Å². The number of benzene rings is 1. The highest BCUT2D eigenvalue weighted by Gasteiger charge is 2.29. The van der Waals surface area contributed by atoms with Gasteiger partial charge < -0.3 is 10.4 Å². The Bertz CT molecular complexity index is 433. The van der Waals surface area contributed by atoms with Crippen molar-refractivity contribution in [3.05, 3.63) is 35.1 Å². The quantitative estimate of drug-likeness (QED) is 0.847. The summed E-state index contributed by atoms with van der Waals surface area (Å²) < 4.78 is 13.2. The molecule has 0 aromatic heterocycles. The van der Waals surface area contributed by atoms with E-state index in [0.717, 1.165) is 18.5 Å². The molecule has 1 aliphatic rings. The van der Waals surface area contributed by atoms with Gasteiger partial charge in [-0.05, 0) is 43.0 Å². The van der Waals surface area contributed by atoms with Gasteiger partial charge in [0.2, 0.25) is 0 Å². The van der Waals surface area contributed by atoms with Crippen molar-refractivity contribution in [1.29, 1.82) is 0 Å². The van der Waals surface area contributed by atoms with Crippen LogP contribution in [0.3, 0.4) is 0 Å². The molecule has 0 aliphatic carbocycles. The maximum Gasteiger partial charge on any atom is 0.303 e. The second-order valence-electron chi connectivity index (χ2n) is 4.59. The molecule has 1 heterocycles. The summed E-state index contributed by atoms with van der Waals surface area (Å²) in [5, 5.41) is 12.1. The number of carboxylic acids is 1. The molecule has 0 bridgehead atoms. The summed E-state index contributed by atoms with van der Waals surface area (Å²) in [7, 11) is 0. The van der Waals surface area contributed by atoms with Gasteiger partial charge in [0.25, 0.3) is 0 Å². The summed E-state index contributed by atoms with van der Waals surface area (Å²) in [6.45, 7) is 2.54. The van der Waals surface area contributed by atoms with Crippen LogP contribution in [0.4, 0.5) is 4.39 Å². The summed E-state index contributed by atoms with van der Waals surface area (Å²) in [5.74, 6) is -0.901. The van der Waals surface area contributed by atoms with Gasteiger partial charge in [-0.3, -0.25) is 4.79 Å². The highest BCUT2D eigenvalue weighted by Crippen LogP contribution is 2.32. The van der Waals surface area contributed by atoms with Gasteiger partial charge in [-0.1, -0.05) is 12.1 Å². The predicted molar refractivity (Wildman–Crippen MR) is 62.2 cm³/mol. The molecule has 2 atom stereocenters. The summed E-state index contributed by atoms with van der Waals surface area (Å²) in [6.07, 6.45) is 1.02. The highest BCUT2D eigenvalue weighted by molar-refractivity contribution is 5.67. The fraction of sp³-hybridized carbons (Fsp3) is 0.462. The summed E-state index contributed by atoms with van der Waals surface area (Å²) in [4.78, 5) is 10.8. The van der Waals surface area contributed by atoms with Crippen molar-refractivity contribution >= 4 is 5.97 Å². The zero-order chi connectivity index (χ0) is 12.4. The number of hydrogen-bond donors (Lipinski definition) is 2. The Morgan fingerprint density at radius 1 is 1.59 bits per heavy atom. The highest BCUT2D eigenvalue weighted by atomic mass is 19.1. The number of nitrogens with one attached hydrogen (secondary N) is 1. The molecule has 2 rings (SSSR count). The molecule has 1 fully saturated rings. The average molecular weight is 237 g/mol. The summed E-state index contributed by atoms with van der Waals surface area (Å²) in [6, 6.07) is 5.01. The first kappa shape index (κ1) is 12.0. The predicted octanol–water partition coefficient (Wildman–Crippen LogP) is 2.26. The molecule has 2 unspecified atom stereocenters. The van der Waals surface area contributed by atoms with Gasteiger partial charge in [0, 0.05) is 6.04 Å². The van der Waals surface area contributed by atoms with Crippen molar-refractivity contribution in [2.75, 3.05) is 6.54 Å². The Labute approximate surface area is 99.7 Å². The van der Waals surface area contributed by atoms with E-state index in [1.807, 2.05) is 0 Å². The van der Waals surface area contributed by atoms with Crippen LogP contribution in [-0.2, 0) is 4.79 Å². The number of hydrogen-bond acceptors (Lipinski definition) is 2. The lowest BCUT2D eigenvalue weighted by atomic mass is 9.91. The van der Waals surface area contributed by atoms with Gasteiger partial charge in [0.1, 0.15) is 5.82 Å². The molecule has 1 aromatic carbocycles. The van der Waals surface area contributed by atoms with Crippen LogP contribution in [0, 0.1) is 18.7 Å². The fourth-order valence-electron chi connectivity index (χ4n) is 2.45. The third-order valence-corrected chi connectivity index (χ3v) is 3.33. The third-order valence-electron chi connectivity index (χ3n) is 3.33. The minimum Gasteiger partial charge on any atom is -0.481 e. The van der Waals surface area contributed by atoms with Gasteiger partial charge in [0.05, 0.1) is 6.42 Å². The van der Waals surface area contributed by atoms with Crippen molar-refractivity contribution in [2.45, 2.75) is 25.8 Å². The van der Waals surface area contributed by atoms with Gasteiger partial charge >= 0.3 is 5.97 Å². The molecule has 0 radical (unpaired) electrons. The topological polar surface area (TPSA) is 49.3 Å². The monoisotopic (exact) mass is 237 g/mol. The van der Waals surface area contributed by atoms with Crippen molar-refractivity contribution < 1.29 is 14.3 Å². The van der Waals surface area contributed by atoms with Crippen LogP contribution in [0.5, 0.6) is 0 Å². The van der Waals surface area contributed by atoms with Crippen molar-refractivity contribution in [1.82, 2.24) is 5.32 Å². The number of carboxylic acid groups (broad SMARTS) is 1. The van der Waals surface area contributed by atoms with Gasteiger partial charge in [-0.15, -0.1) is 0 Å². The Morgan fingerprint density at radius 2 is 2.35 bits per heavy atom. The molecule has 0 saturated carbocycles. The van der Waals surface area contributed by atoms with E-state index >= 15 is 0 Å². The molecule has 0 spiro atoms. The zero-order valence-electron chi connectivity index (χ0n) is 9.74. The largest absolute Gasteiger partial charge is 0.481 e. The molecule has 1 saturated heterocycles. The van der Waals surface area contributed by atoms with E-state index in [1.165, 1.54) is 6.07 Å². The van der Waals surface area contributed by atoms with Gasteiger partial charge in [-0.2, -0.15) is 0 Å². The van der Waals surface area contributed by atoms with E-state index in [-0.39, 0.29) is 24.2 Å². The molecule has 92 valence electrons. The van der Waals surface area contributed by atoms with Crippen LogP contribution in [0.25, 0.3) is 0 Å². The fourth-order valence-corrected chi connectivity index (χ4v) is 2.45. The lowest BCUT2D eigenvalue weighted by molar-refractivity contribution is -0.138. The smallest absolute Gasteiger partial charge is 0.303 e. The van der Waals surface area contributed by atoms with Crippen LogP contribution in [0.1, 0.15) is 30.0 Å². The number of carbonyl (C=O) groups is 1. The summed E-state index contributed by atoms with van der Waals surface area (Å²) >= 11 is 0. The molecule has 1 aromatic rings. The average Bonchev–Trinajstić information content (AvgIpc) is 2.69. The molecule has 2 N–H and O–H groups in total. The number of rotatable bonds is 3. The van der Waals surface area contributed by atoms with E-state index in [0.29, 0.717) is 5.56 Å². The van der Waals surface area contributed by atoms with E-state index in [2.05, 4.69) is 5.32 Å². The Balaban J connectivity index is 2.20. The van der Waals surface area contributed by atoms with Crippen LogP contribution < -0.4 is 5.32 Å². The normalized spacial score (nSPS) is 23.9. The number of halogens is 1. The third kappa shape index (κ3) is 2.64. The van der Waals surface area contributed by atoms with Crippen molar-refractivity contribution in [3.8, 4) is 0 Å². The Morgan fingerprint density at radius 3 is 3.00 bits per heavy atom. The second-order valence-corrected chi connectivity index (χ2v) is 4.59. The number of aryl methyl sites for hydroxylation is 1. The molecule has 1 aliphatic heterocycles. The Kier molecular flexibility index (Phi) is 3.43.